The van der Waals surface area contributed by atoms with Gasteiger partial charge in [-0.1, -0.05) is 62.4 Å². The lowest BCUT2D eigenvalue weighted by molar-refractivity contribution is -0.120. The van der Waals surface area contributed by atoms with Crippen molar-refractivity contribution in [2.45, 2.75) is 39.2 Å². The minimum atomic E-state index is -0.301. The Hall–Kier alpha value is -3.38. The smallest absolute Gasteiger partial charge is 0.239 e. The zero-order valence-corrected chi connectivity index (χ0v) is 21.0. The maximum atomic E-state index is 13.6. The number of Topliss-reactive ketones (excluding diaryl/α,β-unsaturated/α-hetero) is 1. The number of allylic oxidation sites excluding steroid dienone is 1. The summed E-state index contributed by atoms with van der Waals surface area (Å²) in [5, 5.41) is 8.73. The van der Waals surface area contributed by atoms with Gasteiger partial charge in [-0.15, -0.1) is 11.3 Å². The molecule has 0 radical (unpaired) electrons. The van der Waals surface area contributed by atoms with Crippen molar-refractivity contribution < 1.29 is 9.59 Å². The quantitative estimate of drug-likeness (QED) is 0.469. The van der Waals surface area contributed by atoms with Crippen LogP contribution in [0.15, 0.2) is 83.4 Å². The van der Waals surface area contributed by atoms with Gasteiger partial charge in [-0.3, -0.25) is 9.59 Å². The van der Waals surface area contributed by atoms with Crippen LogP contribution in [0.2, 0.25) is 0 Å². The molecule has 0 bridgehead atoms. The van der Waals surface area contributed by atoms with Crippen LogP contribution >= 0.6 is 11.3 Å². The fourth-order valence-electron chi connectivity index (χ4n) is 5.17. The number of anilines is 2. The van der Waals surface area contributed by atoms with Crippen molar-refractivity contribution in [3.63, 3.8) is 0 Å². The molecule has 1 atom stereocenters. The average Bonchev–Trinajstić information content (AvgIpc) is 3.31. The van der Waals surface area contributed by atoms with E-state index in [1.165, 1.54) is 5.56 Å². The van der Waals surface area contributed by atoms with E-state index in [2.05, 4.69) is 47.6 Å². The normalized spacial score (nSPS) is 18.9. The van der Waals surface area contributed by atoms with Crippen LogP contribution in [0.5, 0.6) is 0 Å². The van der Waals surface area contributed by atoms with E-state index >= 15 is 0 Å². The summed E-state index contributed by atoms with van der Waals surface area (Å²) < 4.78 is 0. The topological polar surface area (TPSA) is 61.4 Å². The van der Waals surface area contributed by atoms with Crippen LogP contribution in [0, 0.1) is 5.41 Å². The molecule has 0 fully saturated rings. The van der Waals surface area contributed by atoms with Crippen LogP contribution in [0.3, 0.4) is 0 Å². The van der Waals surface area contributed by atoms with Crippen molar-refractivity contribution in [2.75, 3.05) is 23.3 Å². The predicted octanol–water partition coefficient (Wildman–Crippen LogP) is 5.72. The molecule has 2 aromatic carbocycles. The van der Waals surface area contributed by atoms with E-state index in [0.717, 1.165) is 40.4 Å². The monoisotopic (exact) mass is 485 g/mol. The number of rotatable bonds is 6. The summed E-state index contributed by atoms with van der Waals surface area (Å²) in [4.78, 5) is 30.0. The van der Waals surface area contributed by atoms with Crippen LogP contribution in [0.25, 0.3) is 0 Å². The number of nitrogens with zero attached hydrogens (tertiary/aromatic N) is 1. The molecule has 180 valence electrons. The lowest BCUT2D eigenvalue weighted by Crippen LogP contribution is -2.42. The molecule has 1 aliphatic carbocycles. The molecule has 2 heterocycles. The maximum absolute atomic E-state index is 13.6. The zero-order chi connectivity index (χ0) is 24.4. The van der Waals surface area contributed by atoms with Crippen molar-refractivity contribution in [2.24, 2.45) is 5.41 Å². The average molecular weight is 486 g/mol. The molecule has 5 rings (SSSR count). The molecule has 1 unspecified atom stereocenters. The van der Waals surface area contributed by atoms with Gasteiger partial charge in [0.05, 0.1) is 24.0 Å². The molecule has 6 heteroatoms. The fraction of sp³-hybridized carbons (Fsp3) is 0.310. The molecule has 1 aliphatic heterocycles. The molecular formula is C29H31N3O2S. The summed E-state index contributed by atoms with van der Waals surface area (Å²) >= 11 is 1.63. The Morgan fingerprint density at radius 1 is 1.06 bits per heavy atom. The largest absolute Gasteiger partial charge is 0.357 e. The summed E-state index contributed by atoms with van der Waals surface area (Å²) in [5.74, 6) is 0.106. The third kappa shape index (κ3) is 5.03. The van der Waals surface area contributed by atoms with Crippen molar-refractivity contribution in [3.8, 4) is 0 Å². The predicted molar refractivity (Wildman–Crippen MR) is 143 cm³/mol. The van der Waals surface area contributed by atoms with E-state index in [1.807, 2.05) is 53.9 Å². The number of carbonyl (C=O) groups excluding carboxylic acids is 2. The van der Waals surface area contributed by atoms with Crippen LogP contribution in [-0.4, -0.2) is 24.8 Å². The highest BCUT2D eigenvalue weighted by atomic mass is 32.1. The summed E-state index contributed by atoms with van der Waals surface area (Å²) in [6.07, 6.45) is 2.08. The first-order valence-corrected chi connectivity index (χ1v) is 13.0. The lowest BCUT2D eigenvalue weighted by atomic mass is 9.74. The van der Waals surface area contributed by atoms with Crippen molar-refractivity contribution in [1.29, 1.82) is 0 Å². The number of benzene rings is 2. The Bertz CT molecular complexity index is 1250. The Morgan fingerprint density at radius 3 is 2.60 bits per heavy atom. The van der Waals surface area contributed by atoms with Crippen LogP contribution in [0.1, 0.15) is 43.2 Å². The molecule has 1 amide bonds. The number of hydrogen-bond donors (Lipinski definition) is 2. The number of fused-ring (bicyclic) bond motifs is 1. The van der Waals surface area contributed by atoms with E-state index in [4.69, 9.17) is 0 Å². The Kier molecular flexibility index (Phi) is 6.48. The van der Waals surface area contributed by atoms with Gasteiger partial charge >= 0.3 is 0 Å². The number of amides is 1. The van der Waals surface area contributed by atoms with Gasteiger partial charge in [-0.2, -0.15) is 0 Å². The highest BCUT2D eigenvalue weighted by Gasteiger charge is 2.42. The van der Waals surface area contributed by atoms with Crippen LogP contribution in [-0.2, 0) is 16.0 Å². The second kappa shape index (κ2) is 9.70. The lowest BCUT2D eigenvalue weighted by Gasteiger charge is -2.37. The fourth-order valence-corrected chi connectivity index (χ4v) is 6.02. The first-order chi connectivity index (χ1) is 16.9. The summed E-state index contributed by atoms with van der Waals surface area (Å²) in [6.45, 7) is 5.03. The SMILES string of the molecule is CC1(C)CC(=O)C2=C(C1)Nc1ccccc1N(CC(=O)NCCc1ccccc1)C2c1cccs1. The number of hydrogen-bond acceptors (Lipinski definition) is 5. The third-order valence-electron chi connectivity index (χ3n) is 6.71. The van der Waals surface area contributed by atoms with E-state index < -0.39 is 0 Å². The molecule has 2 N–H and O–H groups in total. The van der Waals surface area contributed by atoms with Gasteiger partial charge in [0.15, 0.2) is 5.78 Å². The van der Waals surface area contributed by atoms with Gasteiger partial charge in [0.25, 0.3) is 0 Å². The number of para-hydroxylation sites is 2. The number of carbonyl (C=O) groups is 2. The molecule has 0 saturated heterocycles. The van der Waals surface area contributed by atoms with Gasteiger partial charge in [-0.25, -0.2) is 0 Å². The first-order valence-electron chi connectivity index (χ1n) is 12.1. The number of thiophene rings is 1. The standard InChI is InChI=1S/C29H31N3O2S/c1-29(2)17-22-27(24(33)18-29)28(25-13-8-16-35-25)32(23-12-7-6-11-21(23)31-22)19-26(34)30-15-14-20-9-4-3-5-10-20/h3-13,16,28,31H,14-15,17-19H2,1-2H3,(H,30,34). The van der Waals surface area contributed by atoms with Crippen LogP contribution < -0.4 is 15.5 Å². The maximum Gasteiger partial charge on any atom is 0.239 e. The number of ketones is 1. The Morgan fingerprint density at radius 2 is 1.83 bits per heavy atom. The van der Waals surface area contributed by atoms with Crippen molar-refractivity contribution >= 4 is 34.4 Å². The molecule has 2 aliphatic rings. The highest BCUT2D eigenvalue weighted by molar-refractivity contribution is 7.10. The van der Waals surface area contributed by atoms with Gasteiger partial charge in [0, 0.05) is 29.1 Å². The van der Waals surface area contributed by atoms with Crippen molar-refractivity contribution in [3.05, 3.63) is 93.8 Å². The van der Waals surface area contributed by atoms with Gasteiger partial charge < -0.3 is 15.5 Å². The molecule has 0 saturated carbocycles. The molecule has 0 spiro atoms. The second-order valence-corrected chi connectivity index (χ2v) is 11.1. The molecular weight excluding hydrogens is 454 g/mol. The van der Waals surface area contributed by atoms with Gasteiger partial charge in [0.2, 0.25) is 5.91 Å². The molecule has 3 aromatic rings. The molecule has 35 heavy (non-hydrogen) atoms. The molecule has 1 aromatic heterocycles. The van der Waals surface area contributed by atoms with Crippen molar-refractivity contribution in [1.82, 2.24) is 5.32 Å². The van der Waals surface area contributed by atoms with E-state index in [0.29, 0.717) is 13.0 Å². The highest BCUT2D eigenvalue weighted by Crippen LogP contribution is 2.48. The second-order valence-electron chi connectivity index (χ2n) is 10.1. The van der Waals surface area contributed by atoms with E-state index in [1.54, 1.807) is 11.3 Å². The third-order valence-corrected chi connectivity index (χ3v) is 7.63. The van der Waals surface area contributed by atoms with E-state index in [-0.39, 0.29) is 29.7 Å². The summed E-state index contributed by atoms with van der Waals surface area (Å²) in [5.41, 5.74) is 4.72. The molecule has 5 nitrogen and oxygen atoms in total. The Labute approximate surface area is 210 Å². The summed E-state index contributed by atoms with van der Waals surface area (Å²) in [7, 11) is 0. The minimum Gasteiger partial charge on any atom is -0.357 e. The zero-order valence-electron chi connectivity index (χ0n) is 20.2. The number of nitrogens with one attached hydrogen (secondary N) is 2. The van der Waals surface area contributed by atoms with Crippen LogP contribution in [0.4, 0.5) is 11.4 Å². The van der Waals surface area contributed by atoms with Gasteiger partial charge in [-0.05, 0) is 47.4 Å². The minimum absolute atomic E-state index is 0.0510. The van der Waals surface area contributed by atoms with Gasteiger partial charge in [0.1, 0.15) is 0 Å². The first kappa shape index (κ1) is 23.4. The Balaban J connectivity index is 1.48. The van der Waals surface area contributed by atoms with E-state index in [9.17, 15) is 9.59 Å². The summed E-state index contributed by atoms with van der Waals surface area (Å²) in [6, 6.07) is 22.0.